The molecule has 0 N–H and O–H groups in total. The minimum atomic E-state index is -0.247. The van der Waals surface area contributed by atoms with Gasteiger partial charge in [-0.3, -0.25) is 9.59 Å². The Balaban J connectivity index is 1.30. The van der Waals surface area contributed by atoms with E-state index in [0.29, 0.717) is 24.7 Å². The fourth-order valence-electron chi connectivity index (χ4n) is 4.86. The van der Waals surface area contributed by atoms with Crippen LogP contribution in [-0.4, -0.2) is 29.6 Å². The average Bonchev–Trinajstić information content (AvgIpc) is 3.47. The van der Waals surface area contributed by atoms with Gasteiger partial charge in [-0.05, 0) is 66.6 Å². The standard InChI is InChI=1S/C25H23BrN2O4/c1-2-31-21-11-16(5-10-20(21)32-14-15-3-8-19(26)9-4-15)13-27-28-24(29)22-17-6-7-18(12-17)23(22)25(28)30/h3-11,13,17-18,22-23H,2,12,14H2,1H3/b27-13-/t17-,18+,22-,23-/m0/s1. The number of fused-ring (bicyclic) bond motifs is 5. The summed E-state index contributed by atoms with van der Waals surface area (Å²) in [6, 6.07) is 13.4. The van der Waals surface area contributed by atoms with Gasteiger partial charge >= 0.3 is 0 Å². The summed E-state index contributed by atoms with van der Waals surface area (Å²) >= 11 is 3.43. The largest absolute Gasteiger partial charge is 0.490 e. The van der Waals surface area contributed by atoms with E-state index in [1.54, 1.807) is 6.07 Å². The molecule has 1 heterocycles. The summed E-state index contributed by atoms with van der Waals surface area (Å²) in [5.74, 6) is 0.692. The van der Waals surface area contributed by atoms with Crippen LogP contribution in [0.25, 0.3) is 0 Å². The van der Waals surface area contributed by atoms with Gasteiger partial charge < -0.3 is 9.47 Å². The third kappa shape index (κ3) is 3.75. The second kappa shape index (κ2) is 8.54. The van der Waals surface area contributed by atoms with Crippen LogP contribution in [0, 0.1) is 23.7 Å². The van der Waals surface area contributed by atoms with E-state index in [1.165, 1.54) is 6.21 Å². The molecule has 3 aliphatic rings. The third-order valence-electron chi connectivity index (χ3n) is 6.34. The fourth-order valence-corrected chi connectivity index (χ4v) is 5.12. The molecule has 0 radical (unpaired) electrons. The number of carbonyl (C=O) groups is 2. The number of nitrogens with zero attached hydrogens (tertiary/aromatic N) is 2. The lowest BCUT2D eigenvalue weighted by Gasteiger charge is -2.13. The van der Waals surface area contributed by atoms with Gasteiger partial charge in [-0.1, -0.05) is 40.2 Å². The molecule has 32 heavy (non-hydrogen) atoms. The second-order valence-corrected chi connectivity index (χ2v) is 9.20. The number of hydrazone groups is 1. The Bertz CT molecular complexity index is 1080. The zero-order chi connectivity index (χ0) is 22.2. The molecule has 1 saturated heterocycles. The lowest BCUT2D eigenvalue weighted by molar-refractivity contribution is -0.140. The molecule has 0 spiro atoms. The SMILES string of the molecule is CCOc1cc(/C=N\N2C(=O)[C@@H]3[C@@H](C2=O)[C@H]2C=C[C@@H]3C2)ccc1OCc1ccc(Br)cc1. The summed E-state index contributed by atoms with van der Waals surface area (Å²) in [5, 5.41) is 5.30. The van der Waals surface area contributed by atoms with Gasteiger partial charge in [0.1, 0.15) is 6.61 Å². The Kier molecular flexibility index (Phi) is 5.59. The lowest BCUT2D eigenvalue weighted by atomic mass is 9.85. The van der Waals surface area contributed by atoms with E-state index >= 15 is 0 Å². The molecule has 0 unspecified atom stereocenters. The number of hydrogen-bond donors (Lipinski definition) is 0. The molecule has 2 bridgehead atoms. The number of hydrogen-bond acceptors (Lipinski definition) is 5. The monoisotopic (exact) mass is 494 g/mol. The van der Waals surface area contributed by atoms with E-state index in [0.717, 1.165) is 27.0 Å². The predicted molar refractivity (Wildman–Crippen MR) is 123 cm³/mol. The van der Waals surface area contributed by atoms with E-state index in [1.807, 2.05) is 43.3 Å². The molecule has 2 aromatic carbocycles. The Morgan fingerprint density at radius 3 is 2.34 bits per heavy atom. The molecule has 6 nitrogen and oxygen atoms in total. The van der Waals surface area contributed by atoms with Gasteiger partial charge in [0, 0.05) is 4.47 Å². The molecule has 1 saturated carbocycles. The first-order valence-electron chi connectivity index (χ1n) is 10.8. The van der Waals surface area contributed by atoms with Crippen molar-refractivity contribution in [1.29, 1.82) is 0 Å². The average molecular weight is 495 g/mol. The van der Waals surface area contributed by atoms with E-state index < -0.39 is 0 Å². The van der Waals surface area contributed by atoms with Crippen molar-refractivity contribution in [1.82, 2.24) is 5.01 Å². The van der Waals surface area contributed by atoms with Crippen molar-refractivity contribution in [2.45, 2.75) is 20.0 Å². The van der Waals surface area contributed by atoms with Crippen LogP contribution in [0.5, 0.6) is 11.5 Å². The second-order valence-electron chi connectivity index (χ2n) is 8.29. The number of allylic oxidation sites excluding steroid dienone is 2. The van der Waals surface area contributed by atoms with Crippen molar-refractivity contribution < 1.29 is 19.1 Å². The first kappa shape index (κ1) is 20.9. The highest BCUT2D eigenvalue weighted by atomic mass is 79.9. The van der Waals surface area contributed by atoms with Gasteiger partial charge in [-0.25, -0.2) is 0 Å². The van der Waals surface area contributed by atoms with Crippen molar-refractivity contribution in [3.05, 3.63) is 70.2 Å². The predicted octanol–water partition coefficient (Wildman–Crippen LogP) is 4.57. The van der Waals surface area contributed by atoms with Crippen LogP contribution in [0.2, 0.25) is 0 Å². The highest BCUT2D eigenvalue weighted by Gasteiger charge is 2.59. The maximum atomic E-state index is 12.8. The lowest BCUT2D eigenvalue weighted by Crippen LogP contribution is -2.28. The molecular formula is C25H23BrN2O4. The van der Waals surface area contributed by atoms with Crippen LogP contribution < -0.4 is 9.47 Å². The maximum absolute atomic E-state index is 12.8. The summed E-state index contributed by atoms with van der Waals surface area (Å²) in [7, 11) is 0. The van der Waals surface area contributed by atoms with Crippen LogP contribution in [0.15, 0.2) is 64.2 Å². The van der Waals surface area contributed by atoms with Crippen molar-refractivity contribution in [2.24, 2.45) is 28.8 Å². The fraction of sp³-hybridized carbons (Fsp3) is 0.320. The van der Waals surface area contributed by atoms with Gasteiger partial charge in [0.2, 0.25) is 0 Å². The Hall–Kier alpha value is -2.93. The minimum absolute atomic E-state index is 0.174. The number of amides is 2. The summed E-state index contributed by atoms with van der Waals surface area (Å²) in [5.41, 5.74) is 1.77. The normalized spacial score (nSPS) is 25.8. The molecule has 2 aliphatic carbocycles. The number of carbonyl (C=O) groups excluding carboxylic acids is 2. The van der Waals surface area contributed by atoms with Gasteiger partial charge in [0.15, 0.2) is 11.5 Å². The first-order chi connectivity index (χ1) is 15.5. The molecule has 1 aliphatic heterocycles. The van der Waals surface area contributed by atoms with Crippen LogP contribution in [-0.2, 0) is 16.2 Å². The van der Waals surface area contributed by atoms with E-state index in [4.69, 9.17) is 9.47 Å². The molecule has 0 aromatic heterocycles. The van der Waals surface area contributed by atoms with E-state index in [9.17, 15) is 9.59 Å². The highest BCUT2D eigenvalue weighted by Crippen LogP contribution is 2.52. The number of benzene rings is 2. The topological polar surface area (TPSA) is 68.2 Å². The van der Waals surface area contributed by atoms with Crippen molar-refractivity contribution in [2.75, 3.05) is 6.61 Å². The molecule has 4 atom stereocenters. The van der Waals surface area contributed by atoms with Gasteiger partial charge in [-0.15, -0.1) is 0 Å². The summed E-state index contributed by atoms with van der Waals surface area (Å²) in [6.45, 7) is 2.80. The van der Waals surface area contributed by atoms with Gasteiger partial charge in [-0.2, -0.15) is 10.1 Å². The van der Waals surface area contributed by atoms with Crippen molar-refractivity contribution >= 4 is 34.0 Å². The molecule has 7 heteroatoms. The van der Waals surface area contributed by atoms with Gasteiger partial charge in [0.25, 0.3) is 11.8 Å². The Morgan fingerprint density at radius 2 is 1.69 bits per heavy atom. The van der Waals surface area contributed by atoms with Crippen LogP contribution in [0.4, 0.5) is 0 Å². The highest BCUT2D eigenvalue weighted by molar-refractivity contribution is 9.10. The smallest absolute Gasteiger partial charge is 0.254 e. The molecule has 2 amide bonds. The third-order valence-corrected chi connectivity index (χ3v) is 6.87. The molecule has 2 fully saturated rings. The Morgan fingerprint density at radius 1 is 1.00 bits per heavy atom. The van der Waals surface area contributed by atoms with Crippen LogP contribution in [0.3, 0.4) is 0 Å². The molecule has 164 valence electrons. The number of imide groups is 1. The Labute approximate surface area is 195 Å². The minimum Gasteiger partial charge on any atom is -0.490 e. The molecular weight excluding hydrogens is 472 g/mol. The number of rotatable bonds is 7. The van der Waals surface area contributed by atoms with Gasteiger partial charge in [0.05, 0.1) is 24.7 Å². The number of halogens is 1. The summed E-state index contributed by atoms with van der Waals surface area (Å²) in [6.07, 6.45) is 6.59. The van der Waals surface area contributed by atoms with E-state index in [2.05, 4.69) is 33.2 Å². The van der Waals surface area contributed by atoms with Crippen molar-refractivity contribution in [3.8, 4) is 11.5 Å². The van der Waals surface area contributed by atoms with Crippen LogP contribution in [0.1, 0.15) is 24.5 Å². The summed E-state index contributed by atoms with van der Waals surface area (Å²) < 4.78 is 12.7. The van der Waals surface area contributed by atoms with Crippen molar-refractivity contribution in [3.63, 3.8) is 0 Å². The van der Waals surface area contributed by atoms with E-state index in [-0.39, 0.29) is 35.5 Å². The van der Waals surface area contributed by atoms with Crippen LogP contribution >= 0.6 is 15.9 Å². The zero-order valence-corrected chi connectivity index (χ0v) is 19.2. The zero-order valence-electron chi connectivity index (χ0n) is 17.6. The quantitative estimate of drug-likeness (QED) is 0.321. The first-order valence-corrected chi connectivity index (χ1v) is 11.6. The molecule has 2 aromatic rings. The maximum Gasteiger partial charge on any atom is 0.254 e. The molecule has 5 rings (SSSR count). The number of ether oxygens (including phenoxy) is 2. The summed E-state index contributed by atoms with van der Waals surface area (Å²) in [4.78, 5) is 25.6.